The first kappa shape index (κ1) is 21.5. The molecule has 3 amide bonds. The zero-order valence-electron chi connectivity index (χ0n) is 17.2. The number of aromatic amines is 1. The number of fused-ring (bicyclic) bond motifs is 1. The number of nitrogens with two attached hydrogens (primary N) is 1. The fourth-order valence-electron chi connectivity index (χ4n) is 4.08. The van der Waals surface area contributed by atoms with E-state index in [0.717, 1.165) is 16.2 Å². The van der Waals surface area contributed by atoms with E-state index in [1.54, 1.807) is 6.92 Å². The van der Waals surface area contributed by atoms with Crippen LogP contribution >= 0.6 is 0 Å². The van der Waals surface area contributed by atoms with Crippen LogP contribution in [0.1, 0.15) is 39.5 Å². The van der Waals surface area contributed by atoms with Crippen molar-refractivity contribution in [3.8, 4) is 0 Å². The van der Waals surface area contributed by atoms with Gasteiger partial charge in [0.1, 0.15) is 12.4 Å². The molecule has 0 unspecified atom stereocenters. The summed E-state index contributed by atoms with van der Waals surface area (Å²) in [6, 6.07) is 0. The Balaban J connectivity index is 1.89. The molecule has 0 spiro atoms. The molecular weight excluding hydrogens is 390 g/mol. The number of nitrogen functional groups attached to an aromatic ring is 1. The lowest BCUT2D eigenvalue weighted by Gasteiger charge is -2.25. The van der Waals surface area contributed by atoms with Crippen molar-refractivity contribution in [2.24, 2.45) is 11.8 Å². The minimum absolute atomic E-state index is 0.0860. The molecule has 1 aliphatic heterocycles. The predicted octanol–water partition coefficient (Wildman–Crippen LogP) is 0.223. The second-order valence-corrected chi connectivity index (χ2v) is 7.55. The van der Waals surface area contributed by atoms with E-state index in [1.807, 2.05) is 19.1 Å². The SMILES string of the molecule is CCCCn1c(N)c(N(CC)C(=O)CN2C(=O)[C@H]3CC=CC[C@@H]3C2=O)c(=O)[nH]c1=O. The number of amides is 3. The van der Waals surface area contributed by atoms with Crippen LogP contribution in [0.15, 0.2) is 21.7 Å². The summed E-state index contributed by atoms with van der Waals surface area (Å²) in [5.74, 6) is -2.32. The van der Waals surface area contributed by atoms with Gasteiger partial charge in [0.25, 0.3) is 5.56 Å². The summed E-state index contributed by atoms with van der Waals surface area (Å²) in [6.07, 6.45) is 6.18. The van der Waals surface area contributed by atoms with Gasteiger partial charge < -0.3 is 10.6 Å². The van der Waals surface area contributed by atoms with Gasteiger partial charge in [-0.1, -0.05) is 25.5 Å². The van der Waals surface area contributed by atoms with Crippen LogP contribution in [0.5, 0.6) is 0 Å². The molecule has 2 atom stereocenters. The molecule has 0 radical (unpaired) electrons. The van der Waals surface area contributed by atoms with Crippen molar-refractivity contribution in [2.75, 3.05) is 23.7 Å². The van der Waals surface area contributed by atoms with Gasteiger partial charge in [-0.05, 0) is 26.2 Å². The summed E-state index contributed by atoms with van der Waals surface area (Å²) in [5.41, 5.74) is 4.53. The van der Waals surface area contributed by atoms with Gasteiger partial charge in [0.2, 0.25) is 17.7 Å². The highest BCUT2D eigenvalue weighted by atomic mass is 16.2. The first-order valence-corrected chi connectivity index (χ1v) is 10.2. The Labute approximate surface area is 173 Å². The second-order valence-electron chi connectivity index (χ2n) is 7.55. The Morgan fingerprint density at radius 3 is 2.27 bits per heavy atom. The maximum atomic E-state index is 13.0. The van der Waals surface area contributed by atoms with Crippen LogP contribution in [0.2, 0.25) is 0 Å². The molecule has 10 nitrogen and oxygen atoms in total. The van der Waals surface area contributed by atoms with Crippen molar-refractivity contribution in [2.45, 2.75) is 46.1 Å². The summed E-state index contributed by atoms with van der Waals surface area (Å²) >= 11 is 0. The monoisotopic (exact) mass is 417 g/mol. The number of carbonyl (C=O) groups excluding carboxylic acids is 3. The average molecular weight is 417 g/mol. The molecule has 30 heavy (non-hydrogen) atoms. The van der Waals surface area contributed by atoms with Crippen molar-refractivity contribution in [1.29, 1.82) is 0 Å². The van der Waals surface area contributed by atoms with Gasteiger partial charge in [0.15, 0.2) is 5.69 Å². The van der Waals surface area contributed by atoms with Gasteiger partial charge in [-0.25, -0.2) is 4.79 Å². The third kappa shape index (κ3) is 3.69. The lowest BCUT2D eigenvalue weighted by molar-refractivity contribution is -0.143. The number of carbonyl (C=O) groups is 3. The van der Waals surface area contributed by atoms with Crippen molar-refractivity contribution >= 4 is 29.2 Å². The molecule has 1 aromatic rings. The lowest BCUT2D eigenvalue weighted by atomic mass is 9.85. The predicted molar refractivity (Wildman–Crippen MR) is 111 cm³/mol. The standard InChI is InChI=1S/C20H27N5O5/c1-3-5-10-24-16(21)15(17(27)22-20(24)30)23(4-2)14(26)11-25-18(28)12-8-6-7-9-13(12)19(25)29/h6-7,12-13H,3-5,8-11,21H2,1-2H3,(H,22,27,30)/t12-,13-/m0/s1. The molecular formula is C20H27N5O5. The Morgan fingerprint density at radius 2 is 1.73 bits per heavy atom. The highest BCUT2D eigenvalue weighted by Gasteiger charge is 2.48. The van der Waals surface area contributed by atoms with E-state index in [1.165, 1.54) is 4.57 Å². The zero-order valence-corrected chi connectivity index (χ0v) is 17.2. The average Bonchev–Trinajstić information content (AvgIpc) is 2.96. The van der Waals surface area contributed by atoms with Gasteiger partial charge in [-0.2, -0.15) is 0 Å². The van der Waals surface area contributed by atoms with Gasteiger partial charge in [-0.15, -0.1) is 0 Å². The van der Waals surface area contributed by atoms with Gasteiger partial charge in [0, 0.05) is 13.1 Å². The topological polar surface area (TPSA) is 139 Å². The molecule has 1 fully saturated rings. The van der Waals surface area contributed by atoms with E-state index in [0.29, 0.717) is 25.8 Å². The van der Waals surface area contributed by atoms with Crippen LogP contribution in [0.4, 0.5) is 11.5 Å². The van der Waals surface area contributed by atoms with E-state index in [9.17, 15) is 24.0 Å². The summed E-state index contributed by atoms with van der Waals surface area (Å²) in [5, 5.41) is 0. The molecule has 2 aliphatic rings. The maximum Gasteiger partial charge on any atom is 0.330 e. The third-order valence-corrected chi connectivity index (χ3v) is 5.73. The molecule has 0 aromatic carbocycles. The first-order chi connectivity index (χ1) is 14.3. The van der Waals surface area contributed by atoms with Crippen molar-refractivity contribution in [3.05, 3.63) is 33.0 Å². The summed E-state index contributed by atoms with van der Waals surface area (Å²) < 4.78 is 1.22. The lowest BCUT2D eigenvalue weighted by Crippen LogP contribution is -2.46. The fourth-order valence-corrected chi connectivity index (χ4v) is 4.08. The molecule has 1 saturated heterocycles. The quantitative estimate of drug-likeness (QED) is 0.481. The van der Waals surface area contributed by atoms with Gasteiger partial charge in [-0.3, -0.25) is 33.6 Å². The number of rotatable bonds is 7. The second kappa shape index (κ2) is 8.68. The normalized spacial score (nSPS) is 20.5. The molecule has 1 aliphatic carbocycles. The maximum absolute atomic E-state index is 13.0. The molecule has 162 valence electrons. The van der Waals surface area contributed by atoms with Crippen LogP contribution in [0.25, 0.3) is 0 Å². The minimum Gasteiger partial charge on any atom is -0.383 e. The first-order valence-electron chi connectivity index (χ1n) is 10.2. The van der Waals surface area contributed by atoms with E-state index < -0.39 is 35.5 Å². The number of nitrogens with zero attached hydrogens (tertiary/aromatic N) is 3. The smallest absolute Gasteiger partial charge is 0.330 e. The van der Waals surface area contributed by atoms with Crippen LogP contribution in [-0.4, -0.2) is 45.3 Å². The summed E-state index contributed by atoms with van der Waals surface area (Å²) in [6.45, 7) is 3.52. The highest BCUT2D eigenvalue weighted by molar-refractivity contribution is 6.09. The molecule has 0 saturated carbocycles. The van der Waals surface area contributed by atoms with Crippen LogP contribution in [0, 0.1) is 11.8 Å². The number of imide groups is 1. The Morgan fingerprint density at radius 1 is 1.13 bits per heavy atom. The Hall–Kier alpha value is -3.17. The van der Waals surface area contributed by atoms with Crippen molar-refractivity contribution < 1.29 is 14.4 Å². The van der Waals surface area contributed by atoms with Gasteiger partial charge in [0.05, 0.1) is 11.8 Å². The molecule has 0 bridgehead atoms. The molecule has 2 heterocycles. The molecule has 10 heteroatoms. The zero-order chi connectivity index (χ0) is 22.0. The van der Waals surface area contributed by atoms with E-state index >= 15 is 0 Å². The number of allylic oxidation sites excluding steroid dienone is 2. The number of hydrogen-bond donors (Lipinski definition) is 2. The summed E-state index contributed by atoms with van der Waals surface area (Å²) in [7, 11) is 0. The minimum atomic E-state index is -0.780. The van der Waals surface area contributed by atoms with E-state index in [2.05, 4.69) is 4.98 Å². The van der Waals surface area contributed by atoms with Crippen LogP contribution in [0.3, 0.4) is 0 Å². The van der Waals surface area contributed by atoms with Gasteiger partial charge >= 0.3 is 5.69 Å². The summed E-state index contributed by atoms with van der Waals surface area (Å²) in [4.78, 5) is 67.2. The number of H-pyrrole nitrogens is 1. The van der Waals surface area contributed by atoms with E-state index in [-0.39, 0.29) is 29.9 Å². The number of aromatic nitrogens is 2. The third-order valence-electron chi connectivity index (χ3n) is 5.73. The van der Waals surface area contributed by atoms with Crippen LogP contribution < -0.4 is 21.9 Å². The van der Waals surface area contributed by atoms with Crippen molar-refractivity contribution in [1.82, 2.24) is 14.5 Å². The number of nitrogens with one attached hydrogen (secondary N) is 1. The van der Waals surface area contributed by atoms with Crippen LogP contribution in [-0.2, 0) is 20.9 Å². The molecule has 1 aromatic heterocycles. The number of anilines is 2. The molecule has 3 N–H and O–H groups in total. The number of likely N-dealkylation sites (N-methyl/N-ethyl adjacent to an activating group) is 1. The fraction of sp³-hybridized carbons (Fsp3) is 0.550. The van der Waals surface area contributed by atoms with E-state index in [4.69, 9.17) is 5.73 Å². The largest absolute Gasteiger partial charge is 0.383 e. The van der Waals surface area contributed by atoms with Crippen molar-refractivity contribution in [3.63, 3.8) is 0 Å². The Kier molecular flexibility index (Phi) is 6.23. The Bertz CT molecular complexity index is 982. The number of hydrogen-bond acceptors (Lipinski definition) is 6. The highest BCUT2D eigenvalue weighted by Crippen LogP contribution is 2.35. The molecule has 3 rings (SSSR count). The number of unbranched alkanes of at least 4 members (excludes halogenated alkanes) is 1. The number of likely N-dealkylation sites (tertiary alicyclic amines) is 1.